The smallest absolute Gasteiger partial charge is 0.335 e. The molecule has 0 aliphatic heterocycles. The molecule has 0 aromatic heterocycles. The minimum absolute atomic E-state index is 0.0571. The maximum atomic E-state index is 11.2. The molecule has 0 fully saturated rings. The number of carbonyl (C=O) groups is 2. The number of nitrogen functional groups attached to an aromatic ring is 1. The summed E-state index contributed by atoms with van der Waals surface area (Å²) in [5.74, 6) is -1.84. The maximum Gasteiger partial charge on any atom is 0.335 e. The van der Waals surface area contributed by atoms with Crippen LogP contribution in [0.3, 0.4) is 0 Å². The Balaban J connectivity index is 2.90. The number of benzene rings is 1. The van der Waals surface area contributed by atoms with Gasteiger partial charge in [0.1, 0.15) is 6.10 Å². The van der Waals surface area contributed by atoms with Crippen LogP contribution in [0.1, 0.15) is 35.4 Å². The molecule has 2 atom stereocenters. The summed E-state index contributed by atoms with van der Waals surface area (Å²) in [6.07, 6.45) is -3.31. The second kappa shape index (κ2) is 6.88. The van der Waals surface area contributed by atoms with Crippen molar-refractivity contribution in [3.05, 3.63) is 29.3 Å². The lowest BCUT2D eigenvalue weighted by atomic mass is 9.98. The molecule has 2 unspecified atom stereocenters. The quantitative estimate of drug-likeness (QED) is 0.436. The fourth-order valence-electron chi connectivity index (χ4n) is 1.67. The predicted molar refractivity (Wildman–Crippen MR) is 70.0 cm³/mol. The number of carbonyl (C=O) groups excluding carboxylic acids is 1. The fourth-order valence-corrected chi connectivity index (χ4v) is 1.67. The standard InChI is InChI=1S/C13H17NO6/c1-2-20-11(16)6-10(15)12(17)8-5-7(13(18)19)3-4-9(8)14/h3-5,10,12,15,17H,2,6,14H2,1H3,(H,18,19). The van der Waals surface area contributed by atoms with Gasteiger partial charge in [0.2, 0.25) is 0 Å². The molecular formula is C13H17NO6. The van der Waals surface area contributed by atoms with Crippen molar-refractivity contribution >= 4 is 17.6 Å². The summed E-state index contributed by atoms with van der Waals surface area (Å²) in [4.78, 5) is 22.1. The number of esters is 1. The minimum atomic E-state index is -1.47. The molecule has 1 rings (SSSR count). The van der Waals surface area contributed by atoms with E-state index >= 15 is 0 Å². The first-order valence-corrected chi connectivity index (χ1v) is 6.01. The van der Waals surface area contributed by atoms with Gasteiger partial charge in [0.15, 0.2) is 0 Å². The number of aliphatic hydroxyl groups excluding tert-OH is 2. The topological polar surface area (TPSA) is 130 Å². The zero-order valence-electron chi connectivity index (χ0n) is 10.9. The lowest BCUT2D eigenvalue weighted by Gasteiger charge is -2.19. The third-order valence-electron chi connectivity index (χ3n) is 2.70. The fraction of sp³-hybridized carbons (Fsp3) is 0.385. The number of aliphatic hydroxyl groups is 2. The first kappa shape index (κ1) is 15.9. The van der Waals surface area contributed by atoms with E-state index in [1.54, 1.807) is 6.92 Å². The highest BCUT2D eigenvalue weighted by molar-refractivity contribution is 5.88. The molecule has 0 saturated carbocycles. The van der Waals surface area contributed by atoms with Crippen LogP contribution in [-0.4, -0.2) is 40.0 Å². The number of nitrogens with two attached hydrogens (primary N) is 1. The van der Waals surface area contributed by atoms with Crippen molar-refractivity contribution in [2.24, 2.45) is 0 Å². The number of carboxylic acids is 1. The minimum Gasteiger partial charge on any atom is -0.478 e. The number of anilines is 1. The molecule has 7 heteroatoms. The van der Waals surface area contributed by atoms with Crippen LogP contribution < -0.4 is 5.73 Å². The first-order valence-electron chi connectivity index (χ1n) is 6.01. The zero-order valence-corrected chi connectivity index (χ0v) is 10.9. The molecule has 5 N–H and O–H groups in total. The summed E-state index contributed by atoms with van der Waals surface area (Å²) in [7, 11) is 0. The van der Waals surface area contributed by atoms with E-state index in [4.69, 9.17) is 10.8 Å². The van der Waals surface area contributed by atoms with E-state index in [-0.39, 0.29) is 23.4 Å². The second-order valence-corrected chi connectivity index (χ2v) is 4.17. The lowest BCUT2D eigenvalue weighted by molar-refractivity contribution is -0.147. The van der Waals surface area contributed by atoms with Gasteiger partial charge in [-0.25, -0.2) is 4.79 Å². The molecule has 110 valence electrons. The van der Waals surface area contributed by atoms with Crippen LogP contribution in [0.2, 0.25) is 0 Å². The lowest BCUT2D eigenvalue weighted by Crippen LogP contribution is -2.24. The molecule has 0 aliphatic carbocycles. The third kappa shape index (κ3) is 3.94. The van der Waals surface area contributed by atoms with Crippen LogP contribution in [0.15, 0.2) is 18.2 Å². The van der Waals surface area contributed by atoms with Crippen molar-refractivity contribution in [3.8, 4) is 0 Å². The zero-order chi connectivity index (χ0) is 15.3. The number of hydrogen-bond donors (Lipinski definition) is 4. The molecule has 0 heterocycles. The average molecular weight is 283 g/mol. The third-order valence-corrected chi connectivity index (χ3v) is 2.70. The Morgan fingerprint density at radius 2 is 2.00 bits per heavy atom. The Morgan fingerprint density at radius 1 is 1.35 bits per heavy atom. The number of ether oxygens (including phenoxy) is 1. The number of hydrogen-bond acceptors (Lipinski definition) is 6. The summed E-state index contributed by atoms with van der Waals surface area (Å²) in [6, 6.07) is 3.77. The highest BCUT2D eigenvalue weighted by Crippen LogP contribution is 2.26. The monoisotopic (exact) mass is 283 g/mol. The Morgan fingerprint density at radius 3 is 2.55 bits per heavy atom. The van der Waals surface area contributed by atoms with E-state index in [9.17, 15) is 19.8 Å². The molecule has 0 spiro atoms. The van der Waals surface area contributed by atoms with Gasteiger partial charge in [-0.05, 0) is 25.1 Å². The van der Waals surface area contributed by atoms with Gasteiger partial charge in [-0.3, -0.25) is 4.79 Å². The normalized spacial score (nSPS) is 13.6. The maximum absolute atomic E-state index is 11.2. The first-order chi connectivity index (χ1) is 9.36. The molecule has 0 bridgehead atoms. The van der Waals surface area contributed by atoms with Crippen molar-refractivity contribution < 1.29 is 29.6 Å². The van der Waals surface area contributed by atoms with Gasteiger partial charge in [0.25, 0.3) is 0 Å². The number of aromatic carboxylic acids is 1. The summed E-state index contributed by atoms with van der Waals surface area (Å²) in [5, 5.41) is 28.6. The van der Waals surface area contributed by atoms with Crippen LogP contribution in [-0.2, 0) is 9.53 Å². The Bertz CT molecular complexity index is 502. The van der Waals surface area contributed by atoms with Gasteiger partial charge in [0, 0.05) is 11.3 Å². The van der Waals surface area contributed by atoms with Crippen molar-refractivity contribution in [3.63, 3.8) is 0 Å². The Kier molecular flexibility index (Phi) is 5.48. The molecule has 1 aromatic carbocycles. The Hall–Kier alpha value is -2.12. The molecule has 0 saturated heterocycles. The van der Waals surface area contributed by atoms with E-state index < -0.39 is 30.6 Å². The van der Waals surface area contributed by atoms with E-state index in [0.717, 1.165) is 6.07 Å². The van der Waals surface area contributed by atoms with Crippen molar-refractivity contribution in [1.82, 2.24) is 0 Å². The SMILES string of the molecule is CCOC(=O)CC(O)C(O)c1cc(C(=O)O)ccc1N. The van der Waals surface area contributed by atoms with E-state index in [1.807, 2.05) is 0 Å². The van der Waals surface area contributed by atoms with Gasteiger partial charge in [-0.1, -0.05) is 0 Å². The van der Waals surface area contributed by atoms with Crippen LogP contribution >= 0.6 is 0 Å². The summed E-state index contributed by atoms with van der Waals surface area (Å²) >= 11 is 0. The molecule has 20 heavy (non-hydrogen) atoms. The molecule has 1 aromatic rings. The Labute approximate surface area is 115 Å². The molecule has 0 aliphatic rings. The number of rotatable bonds is 6. The average Bonchev–Trinajstić information content (AvgIpc) is 2.38. The molecule has 0 amide bonds. The summed E-state index contributed by atoms with van der Waals surface area (Å²) < 4.78 is 4.66. The largest absolute Gasteiger partial charge is 0.478 e. The second-order valence-electron chi connectivity index (χ2n) is 4.17. The van der Waals surface area contributed by atoms with Gasteiger partial charge < -0.3 is 25.8 Å². The van der Waals surface area contributed by atoms with Crippen LogP contribution in [0.25, 0.3) is 0 Å². The van der Waals surface area contributed by atoms with Gasteiger partial charge in [0.05, 0.1) is 24.7 Å². The summed E-state index contributed by atoms with van der Waals surface area (Å²) in [5.41, 5.74) is 5.75. The number of carboxylic acid groups (broad SMARTS) is 1. The van der Waals surface area contributed by atoms with E-state index in [1.165, 1.54) is 12.1 Å². The molecule has 7 nitrogen and oxygen atoms in total. The van der Waals surface area contributed by atoms with Gasteiger partial charge >= 0.3 is 11.9 Å². The van der Waals surface area contributed by atoms with Gasteiger partial charge in [-0.15, -0.1) is 0 Å². The van der Waals surface area contributed by atoms with Crippen molar-refractivity contribution in [2.45, 2.75) is 25.6 Å². The van der Waals surface area contributed by atoms with Crippen LogP contribution in [0.5, 0.6) is 0 Å². The van der Waals surface area contributed by atoms with Crippen molar-refractivity contribution in [2.75, 3.05) is 12.3 Å². The molecular weight excluding hydrogens is 266 g/mol. The van der Waals surface area contributed by atoms with E-state index in [0.29, 0.717) is 0 Å². The highest BCUT2D eigenvalue weighted by Gasteiger charge is 2.24. The van der Waals surface area contributed by atoms with Crippen LogP contribution in [0, 0.1) is 0 Å². The van der Waals surface area contributed by atoms with Crippen LogP contribution in [0.4, 0.5) is 5.69 Å². The predicted octanol–water partition coefficient (Wildman–Crippen LogP) is 0.315. The van der Waals surface area contributed by atoms with Crippen molar-refractivity contribution in [1.29, 1.82) is 0 Å². The van der Waals surface area contributed by atoms with E-state index in [2.05, 4.69) is 4.74 Å². The highest BCUT2D eigenvalue weighted by atomic mass is 16.5. The van der Waals surface area contributed by atoms with Gasteiger partial charge in [-0.2, -0.15) is 0 Å². The molecule has 0 radical (unpaired) electrons. The summed E-state index contributed by atoms with van der Waals surface area (Å²) in [6.45, 7) is 1.79.